The number of carbonyl (C=O) groups excluding carboxylic acids is 1. The highest BCUT2D eigenvalue weighted by atomic mass is 28.4. The zero-order valence-electron chi connectivity index (χ0n) is 13.5. The Labute approximate surface area is 124 Å². The van der Waals surface area contributed by atoms with E-state index in [1.165, 1.54) is 0 Å². The van der Waals surface area contributed by atoms with E-state index in [1.54, 1.807) is 0 Å². The zero-order chi connectivity index (χ0) is 15.2. The highest BCUT2D eigenvalue weighted by Crippen LogP contribution is 2.27. The summed E-state index contributed by atoms with van der Waals surface area (Å²) in [7, 11) is -1.76. The Morgan fingerprint density at radius 2 is 1.55 bits per heavy atom. The summed E-state index contributed by atoms with van der Waals surface area (Å²) in [6, 6.07) is 12.7. The van der Waals surface area contributed by atoms with Crippen molar-refractivity contribution in [2.24, 2.45) is 5.92 Å². The summed E-state index contributed by atoms with van der Waals surface area (Å²) < 4.78 is 6.45. The molecule has 2 nitrogen and oxygen atoms in total. The van der Waals surface area contributed by atoms with Gasteiger partial charge in [-0.3, -0.25) is 4.79 Å². The fourth-order valence-electron chi connectivity index (χ4n) is 2.53. The van der Waals surface area contributed by atoms with Crippen molar-refractivity contribution >= 4 is 14.1 Å². The highest BCUT2D eigenvalue weighted by Gasteiger charge is 2.36. The van der Waals surface area contributed by atoms with Crippen molar-refractivity contribution in [1.29, 1.82) is 0 Å². The van der Waals surface area contributed by atoms with Crippen LogP contribution in [-0.2, 0) is 4.43 Å². The molecule has 0 aromatic heterocycles. The molecule has 112 valence electrons. The van der Waals surface area contributed by atoms with E-state index in [0.717, 1.165) is 23.7 Å². The van der Waals surface area contributed by atoms with Gasteiger partial charge in [-0.15, -0.1) is 0 Å². The fraction of sp³-hybridized carbons (Fsp3) is 0.588. The molecule has 1 rings (SSSR count). The summed E-state index contributed by atoms with van der Waals surface area (Å²) in [4.78, 5) is 12.7. The summed E-state index contributed by atoms with van der Waals surface area (Å²) in [5, 5.41) is 0. The van der Waals surface area contributed by atoms with E-state index in [1.807, 2.05) is 30.3 Å². The van der Waals surface area contributed by atoms with Gasteiger partial charge in [0.15, 0.2) is 14.1 Å². The lowest BCUT2D eigenvalue weighted by atomic mass is 9.98. The second-order valence-corrected chi connectivity index (χ2v) is 10.5. The first kappa shape index (κ1) is 17.1. The molecule has 0 aliphatic heterocycles. The molecule has 1 unspecified atom stereocenters. The van der Waals surface area contributed by atoms with E-state index in [2.05, 4.69) is 34.6 Å². The summed E-state index contributed by atoms with van der Waals surface area (Å²) in [6.45, 7) is 10.7. The van der Waals surface area contributed by atoms with Gasteiger partial charge in [-0.05, 0) is 24.1 Å². The third-order valence-electron chi connectivity index (χ3n) is 4.23. The minimum absolute atomic E-state index is 0.132. The van der Waals surface area contributed by atoms with Crippen molar-refractivity contribution in [3.63, 3.8) is 0 Å². The van der Waals surface area contributed by atoms with Gasteiger partial charge < -0.3 is 4.43 Å². The number of carbonyl (C=O) groups is 1. The highest BCUT2D eigenvalue weighted by molar-refractivity contribution is 6.73. The van der Waals surface area contributed by atoms with Crippen molar-refractivity contribution in [3.05, 3.63) is 35.9 Å². The van der Waals surface area contributed by atoms with Gasteiger partial charge in [0, 0.05) is 5.56 Å². The SMILES string of the molecule is CC[Si](CC)(CC)OC(C(=O)c1ccccc1)C(C)C. The van der Waals surface area contributed by atoms with Crippen LogP contribution in [0, 0.1) is 5.92 Å². The molecule has 0 radical (unpaired) electrons. The van der Waals surface area contributed by atoms with Gasteiger partial charge >= 0.3 is 0 Å². The largest absolute Gasteiger partial charge is 0.406 e. The number of ketones is 1. The van der Waals surface area contributed by atoms with Crippen LogP contribution in [0.1, 0.15) is 45.0 Å². The summed E-state index contributed by atoms with van der Waals surface area (Å²) in [6.07, 6.45) is -0.302. The van der Waals surface area contributed by atoms with Gasteiger partial charge in [0.1, 0.15) is 6.10 Å². The molecule has 1 atom stereocenters. The normalized spacial score (nSPS) is 13.5. The van der Waals surface area contributed by atoms with Crippen LogP contribution >= 0.6 is 0 Å². The molecule has 0 fully saturated rings. The topological polar surface area (TPSA) is 26.3 Å². The molecular weight excluding hydrogens is 264 g/mol. The second kappa shape index (κ2) is 7.74. The third-order valence-corrected chi connectivity index (χ3v) is 8.85. The van der Waals surface area contributed by atoms with E-state index in [4.69, 9.17) is 4.43 Å². The first-order chi connectivity index (χ1) is 9.49. The van der Waals surface area contributed by atoms with E-state index < -0.39 is 8.32 Å². The number of rotatable bonds is 8. The average molecular weight is 292 g/mol. The lowest BCUT2D eigenvalue weighted by molar-refractivity contribution is 0.0683. The molecule has 20 heavy (non-hydrogen) atoms. The predicted octanol–water partition coefficient (Wildman–Crippen LogP) is 4.92. The van der Waals surface area contributed by atoms with Crippen molar-refractivity contribution < 1.29 is 9.22 Å². The molecular formula is C17H28O2Si. The lowest BCUT2D eigenvalue weighted by Crippen LogP contribution is -2.44. The number of hydrogen-bond acceptors (Lipinski definition) is 2. The number of benzene rings is 1. The molecule has 0 bridgehead atoms. The van der Waals surface area contributed by atoms with Crippen LogP contribution in [0.3, 0.4) is 0 Å². The maximum absolute atomic E-state index is 12.7. The van der Waals surface area contributed by atoms with Crippen molar-refractivity contribution in [3.8, 4) is 0 Å². The molecule has 0 N–H and O–H groups in total. The van der Waals surface area contributed by atoms with Gasteiger partial charge in [0.05, 0.1) is 0 Å². The van der Waals surface area contributed by atoms with Crippen LogP contribution < -0.4 is 0 Å². The zero-order valence-corrected chi connectivity index (χ0v) is 14.5. The Bertz CT molecular complexity index is 402. The fourth-order valence-corrected chi connectivity index (χ4v) is 5.45. The van der Waals surface area contributed by atoms with Gasteiger partial charge in [0.25, 0.3) is 0 Å². The minimum atomic E-state index is -1.76. The predicted molar refractivity (Wildman–Crippen MR) is 87.7 cm³/mol. The molecule has 0 aliphatic rings. The number of Topliss-reactive ketones (excluding diaryl/α,β-unsaturated/α-hetero) is 1. The molecule has 1 aromatic rings. The molecule has 0 heterocycles. The molecule has 1 aromatic carbocycles. The van der Waals surface area contributed by atoms with Crippen LogP contribution in [-0.4, -0.2) is 20.2 Å². The quantitative estimate of drug-likeness (QED) is 0.502. The van der Waals surface area contributed by atoms with E-state index in [0.29, 0.717) is 0 Å². The maximum atomic E-state index is 12.7. The standard InChI is InChI=1S/C17H28O2Si/c1-6-20(7-2,8-3)19-17(14(4)5)16(18)15-12-10-9-11-13-15/h9-14,17H,6-8H2,1-5H3. The van der Waals surface area contributed by atoms with Gasteiger partial charge in [-0.25, -0.2) is 0 Å². The number of hydrogen-bond donors (Lipinski definition) is 0. The summed E-state index contributed by atoms with van der Waals surface area (Å²) >= 11 is 0. The Hall–Kier alpha value is -0.933. The van der Waals surface area contributed by atoms with Crippen LogP contribution in [0.25, 0.3) is 0 Å². The molecule has 0 spiro atoms. The molecule has 0 saturated carbocycles. The van der Waals surface area contributed by atoms with Crippen LogP contribution in [0.15, 0.2) is 30.3 Å². The Balaban J connectivity index is 2.98. The summed E-state index contributed by atoms with van der Waals surface area (Å²) in [5.74, 6) is 0.340. The van der Waals surface area contributed by atoms with E-state index in [-0.39, 0.29) is 17.8 Å². The Morgan fingerprint density at radius 1 is 1.05 bits per heavy atom. The first-order valence-corrected chi connectivity index (χ1v) is 10.3. The first-order valence-electron chi connectivity index (χ1n) is 7.76. The van der Waals surface area contributed by atoms with E-state index >= 15 is 0 Å². The van der Waals surface area contributed by atoms with Gasteiger partial charge in [-0.1, -0.05) is 65.0 Å². The Kier molecular flexibility index (Phi) is 6.63. The van der Waals surface area contributed by atoms with Gasteiger partial charge in [-0.2, -0.15) is 0 Å². The molecule has 0 amide bonds. The van der Waals surface area contributed by atoms with Gasteiger partial charge in [0.2, 0.25) is 0 Å². The summed E-state index contributed by atoms with van der Waals surface area (Å²) in [5.41, 5.74) is 0.761. The monoisotopic (exact) mass is 292 g/mol. The Morgan fingerprint density at radius 3 is 1.95 bits per heavy atom. The lowest BCUT2D eigenvalue weighted by Gasteiger charge is -2.34. The molecule has 0 aliphatic carbocycles. The average Bonchev–Trinajstić information content (AvgIpc) is 2.49. The van der Waals surface area contributed by atoms with Crippen molar-refractivity contribution in [1.82, 2.24) is 0 Å². The van der Waals surface area contributed by atoms with Crippen molar-refractivity contribution in [2.45, 2.75) is 58.9 Å². The van der Waals surface area contributed by atoms with Crippen molar-refractivity contribution in [2.75, 3.05) is 0 Å². The maximum Gasteiger partial charge on any atom is 0.193 e. The third kappa shape index (κ3) is 4.03. The molecule has 3 heteroatoms. The second-order valence-electron chi connectivity index (χ2n) is 5.76. The smallest absolute Gasteiger partial charge is 0.193 e. The van der Waals surface area contributed by atoms with Crippen LogP contribution in [0.4, 0.5) is 0 Å². The van der Waals surface area contributed by atoms with Crippen LogP contribution in [0.5, 0.6) is 0 Å². The molecule has 0 saturated heterocycles. The minimum Gasteiger partial charge on any atom is -0.406 e. The van der Waals surface area contributed by atoms with Crippen LogP contribution in [0.2, 0.25) is 18.1 Å². The van der Waals surface area contributed by atoms with E-state index in [9.17, 15) is 4.79 Å².